The number of hydrogen-bond acceptors (Lipinski definition) is 2. The molecule has 0 aromatic carbocycles. The van der Waals surface area contributed by atoms with Crippen LogP contribution in [-0.2, 0) is 9.47 Å². The summed E-state index contributed by atoms with van der Waals surface area (Å²) in [5, 5.41) is 0. The quantitative estimate of drug-likeness (QED) is 0.518. The van der Waals surface area contributed by atoms with Gasteiger partial charge in [0.25, 0.3) is 0 Å². The van der Waals surface area contributed by atoms with E-state index in [0.717, 1.165) is 32.3 Å². The van der Waals surface area contributed by atoms with Gasteiger partial charge >= 0.3 is 0 Å². The van der Waals surface area contributed by atoms with Crippen molar-refractivity contribution in [1.82, 2.24) is 0 Å². The molecule has 0 rings (SSSR count). The molecule has 0 bridgehead atoms. The van der Waals surface area contributed by atoms with E-state index in [-0.39, 0.29) is 5.60 Å². The monoisotopic (exact) mass is 226 g/mol. The molecule has 0 aliphatic heterocycles. The van der Waals surface area contributed by atoms with Crippen molar-refractivity contribution in [2.75, 3.05) is 6.61 Å². The lowest BCUT2D eigenvalue weighted by molar-refractivity contribution is 0.0244. The Hall–Kier alpha value is -0.920. The zero-order valence-corrected chi connectivity index (χ0v) is 11.0. The molecular weight excluding hydrogens is 200 g/mol. The second-order valence-electron chi connectivity index (χ2n) is 4.59. The molecular formula is C14H26O2. The van der Waals surface area contributed by atoms with Crippen molar-refractivity contribution >= 4 is 0 Å². The van der Waals surface area contributed by atoms with Crippen LogP contribution in [0.2, 0.25) is 0 Å². The maximum atomic E-state index is 5.56. The molecule has 0 heterocycles. The highest BCUT2D eigenvalue weighted by atomic mass is 16.5. The molecule has 2 unspecified atom stereocenters. The summed E-state index contributed by atoms with van der Waals surface area (Å²) in [7, 11) is 0. The van der Waals surface area contributed by atoms with Gasteiger partial charge in [-0.05, 0) is 38.5 Å². The first kappa shape index (κ1) is 15.1. The molecule has 0 spiro atoms. The first-order valence-electron chi connectivity index (χ1n) is 6.09. The third-order valence-corrected chi connectivity index (χ3v) is 3.02. The fraction of sp³-hybridized carbons (Fsp3) is 0.714. The minimum absolute atomic E-state index is 0.0548. The zero-order chi connectivity index (χ0) is 12.4. The summed E-state index contributed by atoms with van der Waals surface area (Å²) in [6.07, 6.45) is 7.44. The van der Waals surface area contributed by atoms with Gasteiger partial charge in [-0.15, -0.1) is 0 Å². The van der Waals surface area contributed by atoms with Crippen molar-refractivity contribution < 1.29 is 9.47 Å². The molecule has 0 aliphatic carbocycles. The first-order valence-corrected chi connectivity index (χ1v) is 6.09. The smallest absolute Gasteiger partial charge is 0.105 e. The highest BCUT2D eigenvalue weighted by Crippen LogP contribution is 2.24. The second-order valence-corrected chi connectivity index (χ2v) is 4.59. The summed E-state index contributed by atoms with van der Waals surface area (Å²) in [5.41, 5.74) is -0.0548. The van der Waals surface area contributed by atoms with Crippen LogP contribution in [0.1, 0.15) is 46.5 Å². The van der Waals surface area contributed by atoms with E-state index in [2.05, 4.69) is 33.9 Å². The summed E-state index contributed by atoms with van der Waals surface area (Å²) in [5.74, 6) is 0.572. The molecule has 2 atom stereocenters. The molecule has 0 saturated heterocycles. The maximum Gasteiger partial charge on any atom is 0.105 e. The zero-order valence-electron chi connectivity index (χ0n) is 11.0. The Morgan fingerprint density at radius 2 is 2.00 bits per heavy atom. The summed E-state index contributed by atoms with van der Waals surface area (Å²) in [6.45, 7) is 14.4. The third kappa shape index (κ3) is 6.54. The second kappa shape index (κ2) is 8.26. The Kier molecular flexibility index (Phi) is 7.78. The lowest BCUT2D eigenvalue weighted by atomic mass is 9.93. The van der Waals surface area contributed by atoms with E-state index in [9.17, 15) is 0 Å². The topological polar surface area (TPSA) is 18.5 Å². The molecule has 2 nitrogen and oxygen atoms in total. The van der Waals surface area contributed by atoms with Gasteiger partial charge in [-0.3, -0.25) is 0 Å². The third-order valence-electron chi connectivity index (χ3n) is 3.02. The number of rotatable bonds is 10. The van der Waals surface area contributed by atoms with Crippen LogP contribution in [-0.4, -0.2) is 12.2 Å². The van der Waals surface area contributed by atoms with Crippen molar-refractivity contribution in [1.29, 1.82) is 0 Å². The summed E-state index contributed by atoms with van der Waals surface area (Å²) < 4.78 is 10.7. The molecule has 16 heavy (non-hydrogen) atoms. The van der Waals surface area contributed by atoms with E-state index in [1.54, 1.807) is 6.26 Å². The van der Waals surface area contributed by atoms with Gasteiger partial charge in [-0.2, -0.15) is 0 Å². The van der Waals surface area contributed by atoms with Gasteiger partial charge in [0.15, 0.2) is 0 Å². The van der Waals surface area contributed by atoms with E-state index in [1.807, 2.05) is 0 Å². The number of ether oxygens (including phenoxy) is 2. The molecule has 0 fully saturated rings. The normalized spacial score (nSPS) is 15.9. The van der Waals surface area contributed by atoms with E-state index < -0.39 is 0 Å². The molecule has 0 saturated carbocycles. The Morgan fingerprint density at radius 3 is 2.50 bits per heavy atom. The van der Waals surface area contributed by atoms with Crippen molar-refractivity contribution in [3.8, 4) is 0 Å². The minimum atomic E-state index is -0.0548. The highest BCUT2D eigenvalue weighted by Gasteiger charge is 2.21. The van der Waals surface area contributed by atoms with Gasteiger partial charge in [-0.1, -0.05) is 27.0 Å². The molecule has 0 radical (unpaired) electrons. The minimum Gasteiger partial charge on any atom is -0.502 e. The maximum absolute atomic E-state index is 5.56. The molecule has 0 aromatic rings. The van der Waals surface area contributed by atoms with Gasteiger partial charge in [0, 0.05) is 0 Å². The molecule has 94 valence electrons. The Morgan fingerprint density at radius 1 is 1.31 bits per heavy atom. The van der Waals surface area contributed by atoms with Crippen molar-refractivity contribution in [3.05, 3.63) is 25.7 Å². The van der Waals surface area contributed by atoms with Crippen molar-refractivity contribution in [2.45, 2.75) is 52.1 Å². The van der Waals surface area contributed by atoms with Gasteiger partial charge < -0.3 is 9.47 Å². The summed E-state index contributed by atoms with van der Waals surface area (Å²) >= 11 is 0. The lowest BCUT2D eigenvalue weighted by Crippen LogP contribution is -2.25. The van der Waals surface area contributed by atoms with Gasteiger partial charge in [0.1, 0.15) is 5.60 Å². The fourth-order valence-corrected chi connectivity index (χ4v) is 1.66. The van der Waals surface area contributed by atoms with Crippen molar-refractivity contribution in [3.63, 3.8) is 0 Å². The van der Waals surface area contributed by atoms with Crippen LogP contribution in [0, 0.1) is 5.92 Å². The average Bonchev–Trinajstić information content (AvgIpc) is 2.26. The van der Waals surface area contributed by atoms with Crippen LogP contribution in [0.15, 0.2) is 25.7 Å². The largest absolute Gasteiger partial charge is 0.502 e. The molecule has 0 amide bonds. The van der Waals surface area contributed by atoms with Crippen LogP contribution >= 0.6 is 0 Å². The van der Waals surface area contributed by atoms with E-state index in [0.29, 0.717) is 5.92 Å². The average molecular weight is 226 g/mol. The van der Waals surface area contributed by atoms with Gasteiger partial charge in [0.05, 0.1) is 19.1 Å². The first-order chi connectivity index (χ1) is 7.58. The van der Waals surface area contributed by atoms with E-state index in [4.69, 9.17) is 9.47 Å². The SMILES string of the molecule is C=COCC(C)CCCC(C)(CC)OC=C. The van der Waals surface area contributed by atoms with Crippen molar-refractivity contribution in [2.24, 2.45) is 5.92 Å². The van der Waals surface area contributed by atoms with Crippen LogP contribution in [0.5, 0.6) is 0 Å². The van der Waals surface area contributed by atoms with Gasteiger partial charge in [-0.25, -0.2) is 0 Å². The number of hydrogen-bond donors (Lipinski definition) is 0. The molecule has 0 N–H and O–H groups in total. The predicted molar refractivity (Wildman–Crippen MR) is 69.1 cm³/mol. The summed E-state index contributed by atoms with van der Waals surface area (Å²) in [4.78, 5) is 0. The highest BCUT2D eigenvalue weighted by molar-refractivity contribution is 4.76. The Labute approximate surface area is 100 Å². The Balaban J connectivity index is 3.76. The molecule has 0 aromatic heterocycles. The van der Waals surface area contributed by atoms with Crippen LogP contribution in [0.4, 0.5) is 0 Å². The fourth-order valence-electron chi connectivity index (χ4n) is 1.66. The predicted octanol–water partition coefficient (Wildman–Crippen LogP) is 4.28. The Bertz CT molecular complexity index is 201. The lowest BCUT2D eigenvalue weighted by Gasteiger charge is -2.28. The summed E-state index contributed by atoms with van der Waals surface area (Å²) in [6, 6.07) is 0. The van der Waals surface area contributed by atoms with Gasteiger partial charge in [0.2, 0.25) is 0 Å². The van der Waals surface area contributed by atoms with E-state index in [1.165, 1.54) is 6.26 Å². The van der Waals surface area contributed by atoms with Crippen LogP contribution < -0.4 is 0 Å². The van der Waals surface area contributed by atoms with Crippen LogP contribution in [0.3, 0.4) is 0 Å². The van der Waals surface area contributed by atoms with Crippen LogP contribution in [0.25, 0.3) is 0 Å². The molecule has 2 heteroatoms. The van der Waals surface area contributed by atoms with E-state index >= 15 is 0 Å². The standard InChI is InChI=1S/C14H26O2/c1-6-14(5,16-8-3)11-9-10-13(4)12-15-7-2/h7-8,13H,2-3,6,9-12H2,1,4-5H3. The molecule has 0 aliphatic rings.